The van der Waals surface area contributed by atoms with Crippen LogP contribution in [0.3, 0.4) is 0 Å². The minimum atomic E-state index is -3.87. The van der Waals surface area contributed by atoms with E-state index in [4.69, 9.17) is 9.47 Å². The van der Waals surface area contributed by atoms with E-state index in [0.717, 1.165) is 5.69 Å². The molecule has 1 saturated heterocycles. The first kappa shape index (κ1) is 24.5. The average Bonchev–Trinajstić information content (AvgIpc) is 3.44. The molecule has 0 spiro atoms. The first-order chi connectivity index (χ1) is 17.9. The molecule has 3 aromatic carbocycles. The van der Waals surface area contributed by atoms with Crippen LogP contribution in [-0.2, 0) is 24.3 Å². The zero-order valence-electron chi connectivity index (χ0n) is 20.1. The SMILES string of the molecule is COc1ccccc1N(CCOC(=O)C1CC(=O)N(c2ccccc2)C1)C1=NS(=O)(=O)c2ccccc21. The second-order valence-corrected chi connectivity index (χ2v) is 10.2. The molecule has 2 heterocycles. The number of amidine groups is 1. The maximum absolute atomic E-state index is 12.9. The zero-order chi connectivity index (χ0) is 26.0. The molecule has 0 radical (unpaired) electrons. The first-order valence-electron chi connectivity index (χ1n) is 11.8. The molecule has 3 aromatic rings. The molecule has 1 unspecified atom stereocenters. The number of carbonyl (C=O) groups excluding carboxylic acids is 2. The Bertz CT molecular complexity index is 1470. The second kappa shape index (κ2) is 10.1. The van der Waals surface area contributed by atoms with E-state index in [2.05, 4.69) is 4.40 Å². The van der Waals surface area contributed by atoms with E-state index in [1.807, 2.05) is 30.3 Å². The van der Waals surface area contributed by atoms with Gasteiger partial charge in [0.2, 0.25) is 5.91 Å². The number of ether oxygens (including phenoxy) is 2. The number of esters is 1. The number of methoxy groups -OCH3 is 1. The Morgan fingerprint density at radius 2 is 1.73 bits per heavy atom. The van der Waals surface area contributed by atoms with Crippen molar-refractivity contribution in [2.45, 2.75) is 11.3 Å². The summed E-state index contributed by atoms with van der Waals surface area (Å²) in [4.78, 5) is 28.7. The largest absolute Gasteiger partial charge is 0.495 e. The maximum atomic E-state index is 12.9. The van der Waals surface area contributed by atoms with Gasteiger partial charge in [-0.15, -0.1) is 4.40 Å². The van der Waals surface area contributed by atoms with E-state index in [-0.39, 0.29) is 42.8 Å². The molecule has 0 N–H and O–H groups in total. The number of nitrogens with zero attached hydrogens (tertiary/aromatic N) is 3. The number of rotatable bonds is 7. The lowest BCUT2D eigenvalue weighted by Gasteiger charge is -2.26. The number of sulfonamides is 1. The molecule has 0 bridgehead atoms. The standard InChI is InChI=1S/C27H25N3O6S/c1-35-23-13-7-6-12-22(23)29(26-21-11-5-8-14-24(21)37(33,34)28-26)15-16-36-27(32)19-17-25(31)30(18-19)20-9-3-2-4-10-20/h2-14,19H,15-18H2,1H3. The van der Waals surface area contributed by atoms with Crippen molar-refractivity contribution >= 4 is 39.1 Å². The smallest absolute Gasteiger partial charge is 0.311 e. The monoisotopic (exact) mass is 519 g/mol. The summed E-state index contributed by atoms with van der Waals surface area (Å²) in [7, 11) is -2.34. The molecule has 2 aliphatic rings. The highest BCUT2D eigenvalue weighted by Crippen LogP contribution is 2.34. The lowest BCUT2D eigenvalue weighted by Crippen LogP contribution is -2.35. The van der Waals surface area contributed by atoms with Crippen molar-refractivity contribution in [2.75, 3.05) is 36.6 Å². The summed E-state index contributed by atoms with van der Waals surface area (Å²) in [5.74, 6) is -0.461. The Kier molecular flexibility index (Phi) is 6.66. The number of anilines is 2. The van der Waals surface area contributed by atoms with E-state index < -0.39 is 21.9 Å². The van der Waals surface area contributed by atoms with Gasteiger partial charge < -0.3 is 19.3 Å². The summed E-state index contributed by atoms with van der Waals surface area (Å²) < 4.78 is 40.6. The molecule has 2 aliphatic heterocycles. The second-order valence-electron chi connectivity index (χ2n) is 8.62. The van der Waals surface area contributed by atoms with Crippen LogP contribution in [0.2, 0.25) is 0 Å². The molecular formula is C27H25N3O6S. The predicted molar refractivity (Wildman–Crippen MR) is 138 cm³/mol. The highest BCUT2D eigenvalue weighted by atomic mass is 32.2. The average molecular weight is 520 g/mol. The number of amides is 1. The highest BCUT2D eigenvalue weighted by Gasteiger charge is 2.37. The van der Waals surface area contributed by atoms with Crippen molar-refractivity contribution in [1.82, 2.24) is 0 Å². The Balaban J connectivity index is 1.34. The van der Waals surface area contributed by atoms with Gasteiger partial charge in [0.05, 0.1) is 25.3 Å². The number of hydrogen-bond acceptors (Lipinski definition) is 7. The van der Waals surface area contributed by atoms with Gasteiger partial charge >= 0.3 is 5.97 Å². The third-order valence-corrected chi connectivity index (χ3v) is 7.65. The van der Waals surface area contributed by atoms with E-state index in [0.29, 0.717) is 17.0 Å². The van der Waals surface area contributed by atoms with Gasteiger partial charge in [0.15, 0.2) is 5.84 Å². The molecule has 0 aliphatic carbocycles. The Hall–Kier alpha value is -4.18. The molecule has 0 saturated carbocycles. The van der Waals surface area contributed by atoms with Crippen LogP contribution in [0.5, 0.6) is 5.75 Å². The summed E-state index contributed by atoms with van der Waals surface area (Å²) in [6.45, 7) is 0.322. The van der Waals surface area contributed by atoms with Crippen LogP contribution >= 0.6 is 0 Å². The summed E-state index contributed by atoms with van der Waals surface area (Å²) >= 11 is 0. The van der Waals surface area contributed by atoms with Crippen molar-refractivity contribution in [3.63, 3.8) is 0 Å². The molecular weight excluding hydrogens is 494 g/mol. The van der Waals surface area contributed by atoms with Crippen LogP contribution in [0.25, 0.3) is 0 Å². The minimum Gasteiger partial charge on any atom is -0.495 e. The van der Waals surface area contributed by atoms with Gasteiger partial charge in [-0.1, -0.05) is 42.5 Å². The van der Waals surface area contributed by atoms with Crippen molar-refractivity contribution in [2.24, 2.45) is 10.3 Å². The van der Waals surface area contributed by atoms with Gasteiger partial charge in [0.25, 0.3) is 10.0 Å². The summed E-state index contributed by atoms with van der Waals surface area (Å²) in [6.07, 6.45) is 0.0717. The molecule has 9 nitrogen and oxygen atoms in total. The summed E-state index contributed by atoms with van der Waals surface area (Å²) in [5, 5.41) is 0. The Morgan fingerprint density at radius 3 is 2.51 bits per heavy atom. The number of fused-ring (bicyclic) bond motifs is 1. The Labute approximate surface area is 215 Å². The molecule has 1 amide bonds. The van der Waals surface area contributed by atoms with E-state index in [1.54, 1.807) is 52.3 Å². The van der Waals surface area contributed by atoms with Crippen LogP contribution in [0.15, 0.2) is 88.2 Å². The van der Waals surface area contributed by atoms with Gasteiger partial charge in [-0.3, -0.25) is 9.59 Å². The van der Waals surface area contributed by atoms with E-state index in [1.165, 1.54) is 13.2 Å². The maximum Gasteiger partial charge on any atom is 0.311 e. The van der Waals surface area contributed by atoms with Crippen molar-refractivity contribution in [1.29, 1.82) is 0 Å². The lowest BCUT2D eigenvalue weighted by molar-refractivity contribution is -0.148. The fourth-order valence-electron chi connectivity index (χ4n) is 4.55. The van der Waals surface area contributed by atoms with Gasteiger partial charge in [-0.25, -0.2) is 0 Å². The molecule has 1 fully saturated rings. The zero-order valence-corrected chi connectivity index (χ0v) is 20.9. The lowest BCUT2D eigenvalue weighted by atomic mass is 10.1. The quantitative estimate of drug-likeness (QED) is 0.441. The summed E-state index contributed by atoms with van der Waals surface area (Å²) in [5.41, 5.74) is 1.78. The van der Waals surface area contributed by atoms with Crippen LogP contribution in [-0.4, -0.2) is 52.9 Å². The number of carbonyl (C=O) groups is 2. The van der Waals surface area contributed by atoms with Crippen LogP contribution in [0, 0.1) is 5.92 Å². The minimum absolute atomic E-state index is 0.0475. The highest BCUT2D eigenvalue weighted by molar-refractivity contribution is 7.90. The molecule has 0 aromatic heterocycles. The van der Waals surface area contributed by atoms with Crippen molar-refractivity contribution in [3.05, 3.63) is 84.4 Å². The molecule has 1 atom stereocenters. The normalized spacial score (nSPS) is 17.8. The van der Waals surface area contributed by atoms with Gasteiger partial charge in [0, 0.05) is 24.2 Å². The first-order valence-corrected chi connectivity index (χ1v) is 13.2. The summed E-state index contributed by atoms with van der Waals surface area (Å²) in [6, 6.07) is 22.9. The Morgan fingerprint density at radius 1 is 1.03 bits per heavy atom. The molecule has 37 heavy (non-hydrogen) atoms. The van der Waals surface area contributed by atoms with Crippen LogP contribution < -0.4 is 14.5 Å². The molecule has 190 valence electrons. The van der Waals surface area contributed by atoms with Crippen LogP contribution in [0.1, 0.15) is 12.0 Å². The van der Waals surface area contributed by atoms with Gasteiger partial charge in [-0.2, -0.15) is 8.42 Å². The van der Waals surface area contributed by atoms with Crippen LogP contribution in [0.4, 0.5) is 11.4 Å². The third-order valence-electron chi connectivity index (χ3n) is 6.33. The van der Waals surface area contributed by atoms with Gasteiger partial charge in [-0.05, 0) is 36.4 Å². The van der Waals surface area contributed by atoms with E-state index >= 15 is 0 Å². The predicted octanol–water partition coefficient (Wildman–Crippen LogP) is 3.25. The number of hydrogen-bond donors (Lipinski definition) is 0. The third kappa shape index (κ3) is 4.79. The van der Waals surface area contributed by atoms with Crippen molar-refractivity contribution in [3.8, 4) is 5.75 Å². The number of para-hydroxylation sites is 3. The molecule has 10 heteroatoms. The van der Waals surface area contributed by atoms with E-state index in [9.17, 15) is 18.0 Å². The fraction of sp³-hybridized carbons (Fsp3) is 0.222. The topological polar surface area (TPSA) is 106 Å². The number of benzene rings is 3. The molecule has 5 rings (SSSR count). The fourth-order valence-corrected chi connectivity index (χ4v) is 5.77. The van der Waals surface area contributed by atoms with Crippen molar-refractivity contribution < 1.29 is 27.5 Å². The van der Waals surface area contributed by atoms with Gasteiger partial charge in [0.1, 0.15) is 17.3 Å².